The van der Waals surface area contributed by atoms with Gasteiger partial charge in [0.25, 0.3) is 0 Å². The van der Waals surface area contributed by atoms with Crippen LogP contribution in [0.2, 0.25) is 0 Å². The molecule has 4 nitrogen and oxygen atoms in total. The van der Waals surface area contributed by atoms with Gasteiger partial charge in [0.05, 0.1) is 7.11 Å². The van der Waals surface area contributed by atoms with Crippen molar-refractivity contribution < 1.29 is 4.74 Å². The lowest BCUT2D eigenvalue weighted by Crippen LogP contribution is -2.53. The Hall–Kier alpha value is -1.10. The minimum atomic E-state index is 0.587. The molecule has 1 aromatic rings. The second-order valence-corrected chi connectivity index (χ2v) is 4.82. The van der Waals surface area contributed by atoms with Crippen molar-refractivity contribution in [2.75, 3.05) is 40.3 Å². The summed E-state index contributed by atoms with van der Waals surface area (Å²) < 4.78 is 5.22. The van der Waals surface area contributed by atoms with E-state index in [0.717, 1.165) is 38.5 Å². The molecule has 1 heterocycles. The maximum atomic E-state index is 5.22. The molecule has 100 valence electrons. The van der Waals surface area contributed by atoms with Gasteiger partial charge in [-0.25, -0.2) is 0 Å². The van der Waals surface area contributed by atoms with E-state index in [1.807, 2.05) is 12.1 Å². The van der Waals surface area contributed by atoms with Gasteiger partial charge in [0.15, 0.2) is 0 Å². The van der Waals surface area contributed by atoms with Gasteiger partial charge < -0.3 is 15.4 Å². The highest BCUT2D eigenvalue weighted by molar-refractivity contribution is 5.28. The lowest BCUT2D eigenvalue weighted by molar-refractivity contribution is 0.195. The topological polar surface area (TPSA) is 36.5 Å². The molecule has 1 saturated heterocycles. The summed E-state index contributed by atoms with van der Waals surface area (Å²) in [5.74, 6) is 0.922. The van der Waals surface area contributed by atoms with Crippen molar-refractivity contribution in [1.82, 2.24) is 15.5 Å². The van der Waals surface area contributed by atoms with Gasteiger partial charge in [-0.1, -0.05) is 12.1 Å². The van der Waals surface area contributed by atoms with E-state index >= 15 is 0 Å². The van der Waals surface area contributed by atoms with Gasteiger partial charge in [-0.3, -0.25) is 4.90 Å². The molecule has 1 atom stereocenters. The molecule has 0 amide bonds. The van der Waals surface area contributed by atoms with Crippen LogP contribution in [0.3, 0.4) is 0 Å². The van der Waals surface area contributed by atoms with Crippen molar-refractivity contribution in [3.05, 3.63) is 29.8 Å². The number of rotatable bonds is 5. The van der Waals surface area contributed by atoms with Crippen LogP contribution >= 0.6 is 0 Å². The summed E-state index contributed by atoms with van der Waals surface area (Å²) in [7, 11) is 3.90. The van der Waals surface area contributed by atoms with Crippen LogP contribution in [0.5, 0.6) is 5.75 Å². The van der Waals surface area contributed by atoms with E-state index in [1.54, 1.807) is 7.11 Å². The maximum absolute atomic E-state index is 5.22. The number of likely N-dealkylation sites (N-methyl/N-ethyl adjacent to an activating group) is 1. The van der Waals surface area contributed by atoms with Crippen LogP contribution in [0.4, 0.5) is 0 Å². The van der Waals surface area contributed by atoms with Crippen LogP contribution < -0.4 is 15.4 Å². The molecule has 0 aliphatic carbocycles. The summed E-state index contributed by atoms with van der Waals surface area (Å²) in [5.41, 5.74) is 1.26. The Morgan fingerprint density at radius 2 is 2.39 bits per heavy atom. The Kier molecular flexibility index (Phi) is 4.99. The second kappa shape index (κ2) is 6.73. The Morgan fingerprint density at radius 3 is 3.17 bits per heavy atom. The lowest BCUT2D eigenvalue weighted by Gasteiger charge is -2.33. The highest BCUT2D eigenvalue weighted by atomic mass is 16.5. The number of piperazine rings is 1. The molecular weight excluding hydrogens is 226 g/mol. The average Bonchev–Trinajstić information content (AvgIpc) is 2.41. The van der Waals surface area contributed by atoms with E-state index < -0.39 is 0 Å². The summed E-state index contributed by atoms with van der Waals surface area (Å²) in [6.07, 6.45) is 0. The fourth-order valence-electron chi connectivity index (χ4n) is 2.26. The Labute approximate surface area is 109 Å². The molecule has 4 heteroatoms. The third-order valence-corrected chi connectivity index (χ3v) is 3.49. The summed E-state index contributed by atoms with van der Waals surface area (Å²) in [5, 5.41) is 6.95. The number of ether oxygens (including phenoxy) is 1. The Balaban J connectivity index is 1.77. The summed E-state index contributed by atoms with van der Waals surface area (Å²) >= 11 is 0. The van der Waals surface area contributed by atoms with Crippen LogP contribution in [-0.4, -0.2) is 51.3 Å². The van der Waals surface area contributed by atoms with E-state index in [1.165, 1.54) is 5.56 Å². The fraction of sp³-hybridized carbons (Fsp3) is 0.571. The van der Waals surface area contributed by atoms with E-state index in [9.17, 15) is 0 Å². The zero-order chi connectivity index (χ0) is 12.8. The quantitative estimate of drug-likeness (QED) is 0.805. The van der Waals surface area contributed by atoms with Crippen molar-refractivity contribution in [1.29, 1.82) is 0 Å². The molecule has 0 bridgehead atoms. The minimum Gasteiger partial charge on any atom is -0.497 e. The average molecular weight is 249 g/mol. The first kappa shape index (κ1) is 13.3. The van der Waals surface area contributed by atoms with Crippen molar-refractivity contribution in [2.45, 2.75) is 12.6 Å². The highest BCUT2D eigenvalue weighted by Gasteiger charge is 2.17. The zero-order valence-corrected chi connectivity index (χ0v) is 11.3. The van der Waals surface area contributed by atoms with Crippen molar-refractivity contribution in [3.8, 4) is 5.75 Å². The van der Waals surface area contributed by atoms with Gasteiger partial charge in [0.1, 0.15) is 5.75 Å². The first-order valence-corrected chi connectivity index (χ1v) is 6.54. The van der Waals surface area contributed by atoms with E-state index in [-0.39, 0.29) is 0 Å². The molecular formula is C14H23N3O. The Bertz CT molecular complexity index is 370. The zero-order valence-electron chi connectivity index (χ0n) is 11.3. The first-order valence-electron chi connectivity index (χ1n) is 6.54. The second-order valence-electron chi connectivity index (χ2n) is 4.82. The molecule has 1 aliphatic heterocycles. The van der Waals surface area contributed by atoms with Crippen LogP contribution in [0, 0.1) is 0 Å². The maximum Gasteiger partial charge on any atom is 0.119 e. The van der Waals surface area contributed by atoms with Crippen molar-refractivity contribution in [3.63, 3.8) is 0 Å². The highest BCUT2D eigenvalue weighted by Crippen LogP contribution is 2.12. The SMILES string of the molecule is COc1cccc(CNCC2CNCCN2C)c1. The van der Waals surface area contributed by atoms with Crippen molar-refractivity contribution in [2.24, 2.45) is 0 Å². The molecule has 2 rings (SSSR count). The lowest BCUT2D eigenvalue weighted by atomic mass is 10.2. The summed E-state index contributed by atoms with van der Waals surface area (Å²) in [6.45, 7) is 5.21. The molecule has 1 fully saturated rings. The first-order chi connectivity index (χ1) is 8.79. The number of hydrogen-bond donors (Lipinski definition) is 2. The number of nitrogens with zero attached hydrogens (tertiary/aromatic N) is 1. The molecule has 1 aliphatic rings. The van der Waals surface area contributed by atoms with Gasteiger partial charge in [-0.2, -0.15) is 0 Å². The normalized spacial score (nSPS) is 20.9. The number of nitrogens with one attached hydrogen (secondary N) is 2. The smallest absolute Gasteiger partial charge is 0.119 e. The van der Waals surface area contributed by atoms with Gasteiger partial charge in [0, 0.05) is 38.8 Å². The molecule has 0 radical (unpaired) electrons. The van der Waals surface area contributed by atoms with Crippen molar-refractivity contribution >= 4 is 0 Å². The number of benzene rings is 1. The summed E-state index contributed by atoms with van der Waals surface area (Å²) in [6, 6.07) is 8.80. The third-order valence-electron chi connectivity index (χ3n) is 3.49. The Morgan fingerprint density at radius 1 is 1.50 bits per heavy atom. The predicted octanol–water partition coefficient (Wildman–Crippen LogP) is 0.688. The molecule has 0 spiro atoms. The molecule has 0 saturated carbocycles. The van der Waals surface area contributed by atoms with Gasteiger partial charge in [-0.05, 0) is 24.7 Å². The van der Waals surface area contributed by atoms with Crippen LogP contribution in [0.1, 0.15) is 5.56 Å². The van der Waals surface area contributed by atoms with Crippen LogP contribution in [-0.2, 0) is 6.54 Å². The predicted molar refractivity (Wildman–Crippen MR) is 74.0 cm³/mol. The van der Waals surface area contributed by atoms with E-state index in [4.69, 9.17) is 4.74 Å². The van der Waals surface area contributed by atoms with Crippen LogP contribution in [0.25, 0.3) is 0 Å². The molecule has 1 unspecified atom stereocenters. The minimum absolute atomic E-state index is 0.587. The van der Waals surface area contributed by atoms with E-state index in [2.05, 4.69) is 34.7 Å². The molecule has 2 N–H and O–H groups in total. The molecule has 1 aromatic carbocycles. The van der Waals surface area contributed by atoms with Gasteiger partial charge in [-0.15, -0.1) is 0 Å². The molecule has 18 heavy (non-hydrogen) atoms. The third kappa shape index (κ3) is 3.70. The van der Waals surface area contributed by atoms with E-state index in [0.29, 0.717) is 6.04 Å². The fourth-order valence-corrected chi connectivity index (χ4v) is 2.26. The standard InChI is InChI=1S/C14H23N3O/c1-17-7-6-15-10-13(17)11-16-9-12-4-3-5-14(8-12)18-2/h3-5,8,13,15-16H,6-7,9-11H2,1-2H3. The molecule has 0 aromatic heterocycles. The monoisotopic (exact) mass is 249 g/mol. The number of methoxy groups -OCH3 is 1. The van der Waals surface area contributed by atoms with Gasteiger partial charge >= 0.3 is 0 Å². The number of hydrogen-bond acceptors (Lipinski definition) is 4. The summed E-state index contributed by atoms with van der Waals surface area (Å²) in [4.78, 5) is 2.41. The van der Waals surface area contributed by atoms with Crippen LogP contribution in [0.15, 0.2) is 24.3 Å². The largest absolute Gasteiger partial charge is 0.497 e. The van der Waals surface area contributed by atoms with Gasteiger partial charge in [0.2, 0.25) is 0 Å².